The minimum Gasteiger partial charge on any atom is -0.331 e. The van der Waals surface area contributed by atoms with Gasteiger partial charge in [-0.15, -0.1) is 6.42 Å². The largest absolute Gasteiger partial charge is 0.331 e. The van der Waals surface area contributed by atoms with E-state index in [1.54, 1.807) is 0 Å². The van der Waals surface area contributed by atoms with Gasteiger partial charge in [0, 0.05) is 41.9 Å². The van der Waals surface area contributed by atoms with Crippen molar-refractivity contribution in [1.82, 2.24) is 19.4 Å². The van der Waals surface area contributed by atoms with Crippen LogP contribution in [0.15, 0.2) is 54.7 Å². The Kier molecular flexibility index (Phi) is 4.32. The molecule has 2 bridgehead atoms. The molecule has 1 aliphatic carbocycles. The van der Waals surface area contributed by atoms with E-state index in [1.165, 1.54) is 0 Å². The van der Waals surface area contributed by atoms with E-state index in [4.69, 9.17) is 22.1 Å². The first-order chi connectivity index (χ1) is 17.4. The molecule has 36 heavy (non-hydrogen) atoms. The Labute approximate surface area is 210 Å². The molecule has 1 saturated carbocycles. The van der Waals surface area contributed by atoms with Crippen molar-refractivity contribution in [3.63, 3.8) is 0 Å². The fraction of sp³-hybridized carbons (Fsp3) is 0.300. The van der Waals surface area contributed by atoms with Crippen molar-refractivity contribution in [2.24, 2.45) is 11.7 Å². The summed E-state index contributed by atoms with van der Waals surface area (Å²) in [6, 6.07) is 16.1. The highest BCUT2D eigenvalue weighted by Gasteiger charge is 2.45. The van der Waals surface area contributed by atoms with E-state index in [0.29, 0.717) is 11.5 Å². The Morgan fingerprint density at radius 1 is 1.14 bits per heavy atom. The third-order valence-corrected chi connectivity index (χ3v) is 8.83. The van der Waals surface area contributed by atoms with Gasteiger partial charge in [0.1, 0.15) is 5.82 Å². The normalized spacial score (nSPS) is 26.2. The lowest BCUT2D eigenvalue weighted by atomic mass is 9.66. The van der Waals surface area contributed by atoms with Crippen molar-refractivity contribution in [3.05, 3.63) is 82.9 Å². The molecule has 2 aliphatic heterocycles. The zero-order valence-corrected chi connectivity index (χ0v) is 20.4. The monoisotopic (exact) mass is 473 g/mol. The predicted molar refractivity (Wildman–Crippen MR) is 139 cm³/mol. The summed E-state index contributed by atoms with van der Waals surface area (Å²) >= 11 is 0. The van der Waals surface area contributed by atoms with Gasteiger partial charge in [0.2, 0.25) is 0 Å². The molecule has 1 fully saturated rings. The van der Waals surface area contributed by atoms with Crippen molar-refractivity contribution in [2.75, 3.05) is 7.05 Å². The van der Waals surface area contributed by atoms with Crippen LogP contribution in [0.4, 0.5) is 0 Å². The summed E-state index contributed by atoms with van der Waals surface area (Å²) in [5.41, 5.74) is 13.7. The second-order valence-corrected chi connectivity index (χ2v) is 10.6. The van der Waals surface area contributed by atoms with Crippen LogP contribution in [0.1, 0.15) is 71.3 Å². The summed E-state index contributed by atoms with van der Waals surface area (Å²) in [5.74, 6) is 4.18. The molecule has 1 amide bonds. The molecule has 0 radical (unpaired) electrons. The van der Waals surface area contributed by atoms with Crippen molar-refractivity contribution in [2.45, 2.75) is 43.8 Å². The molecular weight excluding hydrogens is 446 g/mol. The predicted octanol–water partition coefficient (Wildman–Crippen LogP) is 4.78. The molecule has 4 atom stereocenters. The van der Waals surface area contributed by atoms with Crippen LogP contribution in [-0.2, 0) is 5.54 Å². The van der Waals surface area contributed by atoms with E-state index in [1.807, 2.05) is 36.3 Å². The first kappa shape index (κ1) is 21.3. The number of carbonyl (C=O) groups excluding carboxylic acids is 1. The highest BCUT2D eigenvalue weighted by Crippen LogP contribution is 2.48. The van der Waals surface area contributed by atoms with Gasteiger partial charge >= 0.3 is 0 Å². The van der Waals surface area contributed by atoms with Gasteiger partial charge in [-0.1, -0.05) is 31.0 Å². The van der Waals surface area contributed by atoms with Crippen LogP contribution in [0.3, 0.4) is 0 Å². The number of terminal acetylenes is 1. The molecule has 3 aliphatic rings. The number of imidazole rings is 1. The second-order valence-electron chi connectivity index (χ2n) is 10.6. The number of fused-ring (bicyclic) bond motifs is 9. The number of nitrogens with two attached hydrogens (primary N) is 1. The molecule has 4 heterocycles. The van der Waals surface area contributed by atoms with Gasteiger partial charge in [0.25, 0.3) is 5.91 Å². The lowest BCUT2D eigenvalue weighted by Crippen LogP contribution is -2.51. The van der Waals surface area contributed by atoms with Gasteiger partial charge in [-0.05, 0) is 54.7 Å². The van der Waals surface area contributed by atoms with Crippen LogP contribution in [0.25, 0.3) is 22.2 Å². The first-order valence-electron chi connectivity index (χ1n) is 12.5. The second kappa shape index (κ2) is 7.28. The van der Waals surface area contributed by atoms with Crippen molar-refractivity contribution in [3.8, 4) is 23.5 Å². The van der Waals surface area contributed by atoms with E-state index in [-0.39, 0.29) is 23.5 Å². The Bertz CT molecular complexity index is 1610. The maximum atomic E-state index is 13.3. The zero-order valence-electron chi connectivity index (χ0n) is 20.4. The molecule has 7 rings (SSSR count). The molecule has 2 aromatic carbocycles. The van der Waals surface area contributed by atoms with Crippen molar-refractivity contribution >= 4 is 16.9 Å². The number of hydrogen-bond donors (Lipinski definition) is 1. The molecule has 6 nitrogen and oxygen atoms in total. The van der Waals surface area contributed by atoms with Crippen LogP contribution < -0.4 is 5.73 Å². The van der Waals surface area contributed by atoms with E-state index in [9.17, 15) is 4.79 Å². The van der Waals surface area contributed by atoms with E-state index >= 15 is 0 Å². The molecule has 6 heteroatoms. The van der Waals surface area contributed by atoms with Gasteiger partial charge in [-0.25, -0.2) is 4.98 Å². The fourth-order valence-electron chi connectivity index (χ4n) is 6.39. The summed E-state index contributed by atoms with van der Waals surface area (Å²) in [5, 5.41) is 0. The highest BCUT2D eigenvalue weighted by atomic mass is 16.2. The Hall–Kier alpha value is -3.95. The summed E-state index contributed by atoms with van der Waals surface area (Å²) in [6.45, 7) is 2.19. The third-order valence-electron chi connectivity index (χ3n) is 8.83. The SMILES string of the molecule is C#Cc1cccc2c1C1CC(c3nc4ccc(-c5ccc(C6(N)CCC6C)nc5)cc4n31)N(C)C2=O. The highest BCUT2D eigenvalue weighted by molar-refractivity contribution is 5.98. The number of rotatable bonds is 2. The first-order valence-corrected chi connectivity index (χ1v) is 12.5. The number of hydrogen-bond acceptors (Lipinski definition) is 4. The smallest absolute Gasteiger partial charge is 0.254 e. The summed E-state index contributed by atoms with van der Waals surface area (Å²) < 4.78 is 2.29. The minimum absolute atomic E-state index is 0.00165. The van der Waals surface area contributed by atoms with Gasteiger partial charge in [-0.2, -0.15) is 0 Å². The summed E-state index contributed by atoms with van der Waals surface area (Å²) in [6.07, 6.45) is 10.7. The van der Waals surface area contributed by atoms with Gasteiger partial charge in [0.15, 0.2) is 0 Å². The molecule has 0 saturated heterocycles. The fourth-order valence-corrected chi connectivity index (χ4v) is 6.39. The van der Waals surface area contributed by atoms with Crippen LogP contribution in [0, 0.1) is 18.3 Å². The van der Waals surface area contributed by atoms with Crippen molar-refractivity contribution < 1.29 is 4.79 Å². The van der Waals surface area contributed by atoms with Crippen LogP contribution >= 0.6 is 0 Å². The van der Waals surface area contributed by atoms with E-state index < -0.39 is 0 Å². The molecule has 178 valence electrons. The zero-order chi connectivity index (χ0) is 24.8. The third kappa shape index (κ3) is 2.69. The Morgan fingerprint density at radius 3 is 2.67 bits per heavy atom. The number of carbonyl (C=O) groups is 1. The molecule has 2 N–H and O–H groups in total. The molecule has 4 unspecified atom stereocenters. The van der Waals surface area contributed by atoms with E-state index in [2.05, 4.69) is 47.7 Å². The minimum atomic E-state index is -0.309. The average molecular weight is 474 g/mol. The van der Waals surface area contributed by atoms with Crippen LogP contribution in [-0.4, -0.2) is 32.4 Å². The number of aromatic nitrogens is 3. The van der Waals surface area contributed by atoms with Crippen molar-refractivity contribution in [1.29, 1.82) is 0 Å². The number of benzene rings is 2. The molecule has 2 aromatic heterocycles. The molecular formula is C30H27N5O. The van der Waals surface area contributed by atoms with Crippen LogP contribution in [0.5, 0.6) is 0 Å². The lowest BCUT2D eigenvalue weighted by Gasteiger charge is -2.44. The standard InChI is InChI=1S/C30H27N5O/c1-4-18-6-5-7-21-27(18)24-15-25(34(3)29(21)36)28-33-22-10-8-19(14-23(22)35(24)28)20-9-11-26(32-16-20)30(31)13-12-17(30)2/h1,5-11,14,16-17,24-25H,12-13,15,31H2,2-3H3. The number of pyridine rings is 1. The molecule has 0 spiro atoms. The quantitative estimate of drug-likeness (QED) is 0.425. The topological polar surface area (TPSA) is 77.0 Å². The molecule has 4 aromatic rings. The Morgan fingerprint density at radius 2 is 1.97 bits per heavy atom. The summed E-state index contributed by atoms with van der Waals surface area (Å²) in [7, 11) is 1.86. The maximum absolute atomic E-state index is 13.3. The van der Waals surface area contributed by atoms with Gasteiger partial charge < -0.3 is 15.2 Å². The number of nitrogens with zero attached hydrogens (tertiary/aromatic N) is 4. The Balaban J connectivity index is 1.37. The number of amides is 1. The summed E-state index contributed by atoms with van der Waals surface area (Å²) in [4.78, 5) is 24.9. The lowest BCUT2D eigenvalue weighted by molar-refractivity contribution is 0.0734. The average Bonchev–Trinajstić information content (AvgIpc) is 3.44. The van der Waals surface area contributed by atoms with Gasteiger partial charge in [-0.3, -0.25) is 9.78 Å². The maximum Gasteiger partial charge on any atom is 0.254 e. The van der Waals surface area contributed by atoms with Crippen LogP contribution in [0.2, 0.25) is 0 Å². The van der Waals surface area contributed by atoms with E-state index in [0.717, 1.165) is 64.1 Å². The van der Waals surface area contributed by atoms with Gasteiger partial charge in [0.05, 0.1) is 34.3 Å².